The van der Waals surface area contributed by atoms with Gasteiger partial charge in [0.1, 0.15) is 17.3 Å². The van der Waals surface area contributed by atoms with E-state index in [-0.39, 0.29) is 23.8 Å². The van der Waals surface area contributed by atoms with Crippen molar-refractivity contribution in [2.45, 2.75) is 6.92 Å². The summed E-state index contributed by atoms with van der Waals surface area (Å²) in [5, 5.41) is 3.06. The molecule has 0 aromatic heterocycles. The van der Waals surface area contributed by atoms with Crippen LogP contribution in [0, 0.1) is 5.82 Å². The number of carbonyl (C=O) groups is 2. The van der Waals surface area contributed by atoms with Gasteiger partial charge in [-0.05, 0) is 55.0 Å². The van der Waals surface area contributed by atoms with E-state index in [1.54, 1.807) is 42.5 Å². The number of amides is 2. The number of hydrogen-bond acceptors (Lipinski definition) is 6. The Morgan fingerprint density at radius 2 is 1.76 bits per heavy atom. The standard InChI is InChI=1S/C25H19FN2O5/c1-2-31-19-9-6-15(7-10-19)22-23(27-17-8-11-20-21(13-17)33-14-32-20)25(30)28(24(22)29)18-5-3-4-16(26)12-18/h3-13,27H,2,14H2,1H3. The molecule has 2 heterocycles. The number of benzene rings is 3. The van der Waals surface area contributed by atoms with Gasteiger partial charge in [-0.3, -0.25) is 9.59 Å². The van der Waals surface area contributed by atoms with E-state index >= 15 is 0 Å². The van der Waals surface area contributed by atoms with E-state index in [0.29, 0.717) is 35.1 Å². The lowest BCUT2D eigenvalue weighted by molar-refractivity contribution is -0.120. The van der Waals surface area contributed by atoms with Crippen molar-refractivity contribution in [2.24, 2.45) is 0 Å². The summed E-state index contributed by atoms with van der Waals surface area (Å²) in [5.41, 5.74) is 1.46. The molecule has 0 fully saturated rings. The average Bonchev–Trinajstić information content (AvgIpc) is 3.37. The van der Waals surface area contributed by atoms with Crippen molar-refractivity contribution in [3.8, 4) is 17.2 Å². The van der Waals surface area contributed by atoms with Crippen LogP contribution in [0.3, 0.4) is 0 Å². The van der Waals surface area contributed by atoms with Gasteiger partial charge in [-0.25, -0.2) is 9.29 Å². The summed E-state index contributed by atoms with van der Waals surface area (Å²) in [7, 11) is 0. The van der Waals surface area contributed by atoms with Gasteiger partial charge in [-0.2, -0.15) is 0 Å². The SMILES string of the molecule is CCOc1ccc(C2=C(Nc3ccc4c(c3)OCO4)C(=O)N(c3cccc(F)c3)C2=O)cc1. The minimum absolute atomic E-state index is 0.0762. The molecule has 3 aromatic rings. The molecule has 3 aromatic carbocycles. The number of nitrogens with zero attached hydrogens (tertiary/aromatic N) is 1. The third-order valence-electron chi connectivity index (χ3n) is 5.25. The minimum Gasteiger partial charge on any atom is -0.494 e. The normalized spacial score (nSPS) is 14.8. The van der Waals surface area contributed by atoms with Crippen molar-refractivity contribution in [1.29, 1.82) is 0 Å². The van der Waals surface area contributed by atoms with E-state index < -0.39 is 17.6 Å². The van der Waals surface area contributed by atoms with E-state index in [0.717, 1.165) is 11.0 Å². The van der Waals surface area contributed by atoms with E-state index in [1.807, 2.05) is 6.92 Å². The first-order valence-electron chi connectivity index (χ1n) is 10.3. The first-order valence-corrected chi connectivity index (χ1v) is 10.3. The van der Waals surface area contributed by atoms with Gasteiger partial charge in [0.2, 0.25) is 6.79 Å². The monoisotopic (exact) mass is 446 g/mol. The van der Waals surface area contributed by atoms with E-state index in [9.17, 15) is 14.0 Å². The summed E-state index contributed by atoms with van der Waals surface area (Å²) in [6, 6.07) is 17.4. The van der Waals surface area contributed by atoms with Crippen LogP contribution < -0.4 is 24.4 Å². The van der Waals surface area contributed by atoms with Gasteiger partial charge in [0.25, 0.3) is 11.8 Å². The first kappa shape index (κ1) is 20.6. The topological polar surface area (TPSA) is 77.1 Å². The lowest BCUT2D eigenvalue weighted by atomic mass is 10.0. The highest BCUT2D eigenvalue weighted by atomic mass is 19.1. The van der Waals surface area contributed by atoms with Crippen LogP contribution in [0.15, 0.2) is 72.4 Å². The maximum atomic E-state index is 13.9. The highest BCUT2D eigenvalue weighted by Gasteiger charge is 2.40. The average molecular weight is 446 g/mol. The predicted octanol–water partition coefficient (Wildman–Crippen LogP) is 4.35. The smallest absolute Gasteiger partial charge is 0.282 e. The molecule has 0 radical (unpaired) electrons. The molecule has 5 rings (SSSR count). The van der Waals surface area contributed by atoms with Gasteiger partial charge >= 0.3 is 0 Å². The Kier molecular flexibility index (Phi) is 5.18. The van der Waals surface area contributed by atoms with Crippen LogP contribution in [0.1, 0.15) is 12.5 Å². The molecule has 8 heteroatoms. The van der Waals surface area contributed by atoms with E-state index in [2.05, 4.69) is 5.32 Å². The Hall–Kier alpha value is -4.33. The summed E-state index contributed by atoms with van der Waals surface area (Å²) in [5.74, 6) is 0.0717. The number of halogens is 1. The molecular weight excluding hydrogens is 427 g/mol. The van der Waals surface area contributed by atoms with Gasteiger partial charge in [0.05, 0.1) is 17.9 Å². The Balaban J connectivity index is 1.57. The number of rotatable bonds is 6. The number of nitrogens with one attached hydrogen (secondary N) is 1. The minimum atomic E-state index is -0.591. The van der Waals surface area contributed by atoms with Crippen molar-refractivity contribution in [1.82, 2.24) is 0 Å². The summed E-state index contributed by atoms with van der Waals surface area (Å²) in [4.78, 5) is 27.8. The Morgan fingerprint density at radius 3 is 2.52 bits per heavy atom. The number of carbonyl (C=O) groups excluding carboxylic acids is 2. The Labute approximate surface area is 189 Å². The fourth-order valence-electron chi connectivity index (χ4n) is 3.77. The molecule has 2 amide bonds. The molecule has 2 aliphatic heterocycles. The van der Waals surface area contributed by atoms with Crippen molar-refractivity contribution in [2.75, 3.05) is 23.6 Å². The number of hydrogen-bond donors (Lipinski definition) is 1. The number of ether oxygens (including phenoxy) is 3. The largest absolute Gasteiger partial charge is 0.494 e. The second kappa shape index (κ2) is 8.31. The number of anilines is 2. The molecule has 1 N–H and O–H groups in total. The molecule has 33 heavy (non-hydrogen) atoms. The van der Waals surface area contributed by atoms with Gasteiger partial charge < -0.3 is 19.5 Å². The maximum absolute atomic E-state index is 13.9. The third-order valence-corrected chi connectivity index (χ3v) is 5.25. The van der Waals surface area contributed by atoms with Crippen LogP contribution in [-0.2, 0) is 9.59 Å². The van der Waals surface area contributed by atoms with Crippen LogP contribution in [0.4, 0.5) is 15.8 Å². The van der Waals surface area contributed by atoms with Crippen LogP contribution in [0.5, 0.6) is 17.2 Å². The molecular formula is C25H19FN2O5. The number of imide groups is 1. The van der Waals surface area contributed by atoms with Crippen LogP contribution in [0.25, 0.3) is 5.57 Å². The highest BCUT2D eigenvalue weighted by Crippen LogP contribution is 2.38. The zero-order chi connectivity index (χ0) is 22.9. The summed E-state index contributed by atoms with van der Waals surface area (Å²) >= 11 is 0. The maximum Gasteiger partial charge on any atom is 0.282 e. The molecule has 0 saturated heterocycles. The molecule has 0 bridgehead atoms. The van der Waals surface area contributed by atoms with Crippen LogP contribution >= 0.6 is 0 Å². The summed E-state index contributed by atoms with van der Waals surface area (Å²) in [6.45, 7) is 2.49. The Bertz CT molecular complexity index is 1290. The third kappa shape index (κ3) is 3.76. The molecule has 0 unspecified atom stereocenters. The molecule has 0 aliphatic carbocycles. The van der Waals surface area contributed by atoms with Gasteiger partial charge in [0.15, 0.2) is 11.5 Å². The van der Waals surface area contributed by atoms with Crippen molar-refractivity contribution in [3.05, 3.63) is 83.8 Å². The quantitative estimate of drug-likeness (QED) is 0.568. The zero-order valence-electron chi connectivity index (χ0n) is 17.6. The first-order chi connectivity index (χ1) is 16.0. The fraction of sp³-hybridized carbons (Fsp3) is 0.120. The lowest BCUT2D eigenvalue weighted by Gasteiger charge is -2.15. The van der Waals surface area contributed by atoms with Crippen molar-refractivity contribution in [3.63, 3.8) is 0 Å². The van der Waals surface area contributed by atoms with Gasteiger partial charge in [-0.15, -0.1) is 0 Å². The van der Waals surface area contributed by atoms with E-state index in [4.69, 9.17) is 14.2 Å². The molecule has 2 aliphatic rings. The molecule has 0 saturated carbocycles. The van der Waals surface area contributed by atoms with Crippen molar-refractivity contribution >= 4 is 28.8 Å². The Morgan fingerprint density at radius 1 is 0.970 bits per heavy atom. The second-order valence-electron chi connectivity index (χ2n) is 7.33. The van der Waals surface area contributed by atoms with Gasteiger partial charge in [-0.1, -0.05) is 18.2 Å². The molecule has 0 atom stereocenters. The van der Waals surface area contributed by atoms with Crippen molar-refractivity contribution < 1.29 is 28.2 Å². The molecule has 7 nitrogen and oxygen atoms in total. The van der Waals surface area contributed by atoms with E-state index in [1.165, 1.54) is 18.2 Å². The van der Waals surface area contributed by atoms with Crippen LogP contribution in [-0.4, -0.2) is 25.2 Å². The molecule has 0 spiro atoms. The van der Waals surface area contributed by atoms with Crippen LogP contribution in [0.2, 0.25) is 0 Å². The zero-order valence-corrected chi connectivity index (χ0v) is 17.6. The highest BCUT2D eigenvalue weighted by molar-refractivity contribution is 6.46. The second-order valence-corrected chi connectivity index (χ2v) is 7.33. The molecule has 166 valence electrons. The summed E-state index contributed by atoms with van der Waals surface area (Å²) in [6.07, 6.45) is 0. The fourth-order valence-corrected chi connectivity index (χ4v) is 3.77. The predicted molar refractivity (Wildman–Crippen MR) is 120 cm³/mol. The summed E-state index contributed by atoms with van der Waals surface area (Å²) < 4.78 is 30.1. The van der Waals surface area contributed by atoms with Gasteiger partial charge in [0, 0.05) is 11.8 Å². The number of fused-ring (bicyclic) bond motifs is 1. The lowest BCUT2D eigenvalue weighted by Crippen LogP contribution is -2.32.